The average Bonchev–Trinajstić information content (AvgIpc) is 2.16. The average molecular weight is 202 g/mol. The van der Waals surface area contributed by atoms with Crippen molar-refractivity contribution in [3.63, 3.8) is 0 Å². The highest BCUT2D eigenvalue weighted by Crippen LogP contribution is 2.33. The van der Waals surface area contributed by atoms with Crippen LogP contribution in [-0.4, -0.2) is 20.2 Å². The standard InChI is InChI=1S/C12H14N2O/c1-8-3-4-11(15-2)12(10(8)5-13)9-6-14-7-9/h3-4,9,14H,6-7H2,1-2H3. The Labute approximate surface area is 89.7 Å². The van der Waals surface area contributed by atoms with Crippen LogP contribution in [-0.2, 0) is 0 Å². The Balaban J connectivity index is 2.55. The summed E-state index contributed by atoms with van der Waals surface area (Å²) in [6, 6.07) is 6.17. The first-order chi connectivity index (χ1) is 7.27. The van der Waals surface area contributed by atoms with E-state index in [1.807, 2.05) is 19.1 Å². The molecule has 0 bridgehead atoms. The minimum Gasteiger partial charge on any atom is -0.496 e. The lowest BCUT2D eigenvalue weighted by molar-refractivity contribution is 0.384. The lowest BCUT2D eigenvalue weighted by Gasteiger charge is -2.30. The van der Waals surface area contributed by atoms with E-state index in [9.17, 15) is 0 Å². The quantitative estimate of drug-likeness (QED) is 0.791. The molecule has 0 spiro atoms. The van der Waals surface area contributed by atoms with Crippen molar-refractivity contribution in [3.05, 3.63) is 28.8 Å². The van der Waals surface area contributed by atoms with Gasteiger partial charge in [-0.3, -0.25) is 0 Å². The zero-order valence-electron chi connectivity index (χ0n) is 9.00. The highest BCUT2D eigenvalue weighted by Gasteiger charge is 2.26. The summed E-state index contributed by atoms with van der Waals surface area (Å²) in [6.07, 6.45) is 0. The molecular formula is C12H14N2O. The summed E-state index contributed by atoms with van der Waals surface area (Å²) in [5, 5.41) is 12.4. The van der Waals surface area contributed by atoms with Crippen LogP contribution in [0.4, 0.5) is 0 Å². The minimum absolute atomic E-state index is 0.425. The minimum atomic E-state index is 0.425. The van der Waals surface area contributed by atoms with E-state index in [-0.39, 0.29) is 0 Å². The van der Waals surface area contributed by atoms with Crippen molar-refractivity contribution in [3.8, 4) is 11.8 Å². The fourth-order valence-corrected chi connectivity index (χ4v) is 1.93. The molecule has 3 heteroatoms. The summed E-state index contributed by atoms with van der Waals surface area (Å²) >= 11 is 0. The van der Waals surface area contributed by atoms with Crippen molar-refractivity contribution in [2.75, 3.05) is 20.2 Å². The van der Waals surface area contributed by atoms with Crippen molar-refractivity contribution in [2.24, 2.45) is 0 Å². The molecular weight excluding hydrogens is 188 g/mol. The SMILES string of the molecule is COc1ccc(C)c(C#N)c1C1CNC1. The third-order valence-electron chi connectivity index (χ3n) is 2.94. The van der Waals surface area contributed by atoms with Gasteiger partial charge < -0.3 is 10.1 Å². The Kier molecular flexibility index (Phi) is 2.61. The third kappa shape index (κ3) is 1.57. The maximum atomic E-state index is 9.16. The Morgan fingerprint density at radius 1 is 1.47 bits per heavy atom. The first-order valence-electron chi connectivity index (χ1n) is 5.06. The lowest BCUT2D eigenvalue weighted by atomic mass is 9.87. The van der Waals surface area contributed by atoms with E-state index in [0.717, 1.165) is 35.5 Å². The summed E-state index contributed by atoms with van der Waals surface area (Å²) in [7, 11) is 1.65. The van der Waals surface area contributed by atoms with Gasteiger partial charge in [0.2, 0.25) is 0 Å². The number of nitriles is 1. The predicted octanol–water partition coefficient (Wildman–Crippen LogP) is 1.56. The molecule has 2 rings (SSSR count). The van der Waals surface area contributed by atoms with Gasteiger partial charge in [0.15, 0.2) is 0 Å². The van der Waals surface area contributed by atoms with Gasteiger partial charge in [-0.15, -0.1) is 0 Å². The second-order valence-electron chi connectivity index (χ2n) is 3.84. The summed E-state index contributed by atoms with van der Waals surface area (Å²) in [5.74, 6) is 1.26. The van der Waals surface area contributed by atoms with E-state index in [1.165, 1.54) is 0 Å². The molecule has 1 heterocycles. The first kappa shape index (κ1) is 10.0. The van der Waals surface area contributed by atoms with Crippen LogP contribution in [0.5, 0.6) is 5.75 Å². The van der Waals surface area contributed by atoms with Gasteiger partial charge in [-0.2, -0.15) is 5.26 Å². The fraction of sp³-hybridized carbons (Fsp3) is 0.417. The lowest BCUT2D eigenvalue weighted by Crippen LogP contribution is -2.40. The molecule has 1 aliphatic heterocycles. The van der Waals surface area contributed by atoms with Crippen molar-refractivity contribution >= 4 is 0 Å². The molecule has 1 aromatic carbocycles. The largest absolute Gasteiger partial charge is 0.496 e. The number of nitrogens with one attached hydrogen (secondary N) is 1. The van der Waals surface area contributed by atoms with Crippen LogP contribution in [0.3, 0.4) is 0 Å². The van der Waals surface area contributed by atoms with Crippen LogP contribution in [0.1, 0.15) is 22.6 Å². The van der Waals surface area contributed by atoms with E-state index >= 15 is 0 Å². The number of hydrogen-bond donors (Lipinski definition) is 1. The van der Waals surface area contributed by atoms with Crippen molar-refractivity contribution in [1.29, 1.82) is 5.26 Å². The Hall–Kier alpha value is -1.53. The van der Waals surface area contributed by atoms with Gasteiger partial charge in [-0.25, -0.2) is 0 Å². The predicted molar refractivity (Wildman–Crippen MR) is 58.1 cm³/mol. The van der Waals surface area contributed by atoms with E-state index in [1.54, 1.807) is 7.11 Å². The number of nitrogens with zero attached hydrogens (tertiary/aromatic N) is 1. The molecule has 1 fully saturated rings. The van der Waals surface area contributed by atoms with Crippen LogP contribution in [0.15, 0.2) is 12.1 Å². The molecule has 1 saturated heterocycles. The van der Waals surface area contributed by atoms with Gasteiger partial charge in [0, 0.05) is 24.6 Å². The van der Waals surface area contributed by atoms with Crippen LogP contribution in [0.2, 0.25) is 0 Å². The Morgan fingerprint density at radius 2 is 2.20 bits per heavy atom. The summed E-state index contributed by atoms with van der Waals surface area (Å²) in [5.41, 5.74) is 2.87. The van der Waals surface area contributed by atoms with E-state index in [2.05, 4.69) is 11.4 Å². The van der Waals surface area contributed by atoms with Crippen LogP contribution < -0.4 is 10.1 Å². The Bertz CT molecular complexity index is 416. The molecule has 1 N–H and O–H groups in total. The van der Waals surface area contributed by atoms with Crippen molar-refractivity contribution < 1.29 is 4.74 Å². The molecule has 0 atom stereocenters. The number of rotatable bonds is 2. The van der Waals surface area contributed by atoms with Gasteiger partial charge in [0.1, 0.15) is 5.75 Å². The maximum Gasteiger partial charge on any atom is 0.123 e. The second kappa shape index (κ2) is 3.92. The van der Waals surface area contributed by atoms with Gasteiger partial charge in [-0.1, -0.05) is 6.07 Å². The molecule has 15 heavy (non-hydrogen) atoms. The van der Waals surface area contributed by atoms with Gasteiger partial charge in [-0.05, 0) is 18.6 Å². The summed E-state index contributed by atoms with van der Waals surface area (Å²) < 4.78 is 5.32. The number of ether oxygens (including phenoxy) is 1. The number of benzene rings is 1. The van der Waals surface area contributed by atoms with E-state index in [4.69, 9.17) is 10.00 Å². The molecule has 0 radical (unpaired) electrons. The van der Waals surface area contributed by atoms with Crippen LogP contribution in [0.25, 0.3) is 0 Å². The highest BCUT2D eigenvalue weighted by atomic mass is 16.5. The highest BCUT2D eigenvalue weighted by molar-refractivity contribution is 5.53. The summed E-state index contributed by atoms with van der Waals surface area (Å²) in [6.45, 7) is 3.84. The van der Waals surface area contributed by atoms with Crippen molar-refractivity contribution in [2.45, 2.75) is 12.8 Å². The fourth-order valence-electron chi connectivity index (χ4n) is 1.93. The topological polar surface area (TPSA) is 45.0 Å². The zero-order valence-corrected chi connectivity index (χ0v) is 9.00. The molecule has 0 aromatic heterocycles. The van der Waals surface area contributed by atoms with Crippen molar-refractivity contribution in [1.82, 2.24) is 5.32 Å². The molecule has 0 unspecified atom stereocenters. The van der Waals surface area contributed by atoms with E-state index < -0.39 is 0 Å². The van der Waals surface area contributed by atoms with Gasteiger partial charge >= 0.3 is 0 Å². The zero-order chi connectivity index (χ0) is 10.8. The molecule has 3 nitrogen and oxygen atoms in total. The molecule has 1 aromatic rings. The number of aryl methyl sites for hydroxylation is 1. The van der Waals surface area contributed by atoms with Crippen LogP contribution in [0, 0.1) is 18.3 Å². The Morgan fingerprint density at radius 3 is 2.67 bits per heavy atom. The number of hydrogen-bond acceptors (Lipinski definition) is 3. The van der Waals surface area contributed by atoms with Crippen LogP contribution >= 0.6 is 0 Å². The van der Waals surface area contributed by atoms with E-state index in [0.29, 0.717) is 5.92 Å². The molecule has 78 valence electrons. The maximum absolute atomic E-state index is 9.16. The second-order valence-corrected chi connectivity index (χ2v) is 3.84. The first-order valence-corrected chi connectivity index (χ1v) is 5.06. The molecule has 0 saturated carbocycles. The van der Waals surface area contributed by atoms with Gasteiger partial charge in [0.25, 0.3) is 0 Å². The smallest absolute Gasteiger partial charge is 0.123 e. The normalized spacial score (nSPS) is 15.5. The van der Waals surface area contributed by atoms with Gasteiger partial charge in [0.05, 0.1) is 18.7 Å². The monoisotopic (exact) mass is 202 g/mol. The number of methoxy groups -OCH3 is 1. The molecule has 1 aliphatic rings. The third-order valence-corrected chi connectivity index (χ3v) is 2.94. The molecule has 0 amide bonds. The summed E-state index contributed by atoms with van der Waals surface area (Å²) in [4.78, 5) is 0. The molecule has 0 aliphatic carbocycles.